The summed E-state index contributed by atoms with van der Waals surface area (Å²) in [4.78, 5) is 0. The fraction of sp³-hybridized carbons (Fsp3) is 0.917. The lowest BCUT2D eigenvalue weighted by Gasteiger charge is -2.41. The van der Waals surface area contributed by atoms with Gasteiger partial charge in [0.2, 0.25) is 0 Å². The molecule has 2 aliphatic rings. The Hall–Kier alpha value is -0.350. The SMILES string of the molecule is C[C@H]1CCCC[C@]12NC(=S)N(C(C)(C)C)N2. The molecule has 0 radical (unpaired) electrons. The lowest BCUT2D eigenvalue weighted by atomic mass is 9.80. The standard InChI is InChI=1S/C12H23N3S/c1-9-7-5-6-8-12(9)13-10(16)15(14-12)11(2,3)4/h9,14H,5-8H2,1-4H3,(H,13,16)/t9-,12+/m0/s1. The predicted octanol–water partition coefficient (Wildman–Crippen LogP) is 2.39. The molecule has 0 amide bonds. The first kappa shape index (κ1) is 12.1. The van der Waals surface area contributed by atoms with Gasteiger partial charge in [0.15, 0.2) is 5.11 Å². The summed E-state index contributed by atoms with van der Waals surface area (Å²) in [6, 6.07) is 0. The van der Waals surface area contributed by atoms with E-state index >= 15 is 0 Å². The van der Waals surface area contributed by atoms with Crippen LogP contribution in [0, 0.1) is 5.92 Å². The van der Waals surface area contributed by atoms with Crippen LogP contribution in [0.3, 0.4) is 0 Å². The van der Waals surface area contributed by atoms with Gasteiger partial charge in [-0.25, -0.2) is 5.43 Å². The van der Waals surface area contributed by atoms with Gasteiger partial charge in [0, 0.05) is 0 Å². The Morgan fingerprint density at radius 3 is 2.56 bits per heavy atom. The van der Waals surface area contributed by atoms with Gasteiger partial charge in [0.25, 0.3) is 0 Å². The zero-order chi connectivity index (χ0) is 12.0. The minimum Gasteiger partial charge on any atom is -0.342 e. The van der Waals surface area contributed by atoms with Gasteiger partial charge in [0.1, 0.15) is 5.66 Å². The Morgan fingerprint density at radius 1 is 1.38 bits per heavy atom. The van der Waals surface area contributed by atoms with Crippen molar-refractivity contribution in [1.82, 2.24) is 15.8 Å². The normalized spacial score (nSPS) is 35.6. The first-order chi connectivity index (χ1) is 7.35. The van der Waals surface area contributed by atoms with Crippen LogP contribution in [0.2, 0.25) is 0 Å². The van der Waals surface area contributed by atoms with E-state index in [1.807, 2.05) is 0 Å². The molecule has 0 aromatic heterocycles. The lowest BCUT2D eigenvalue weighted by Crippen LogP contribution is -2.59. The zero-order valence-electron chi connectivity index (χ0n) is 10.8. The Bertz CT molecular complexity index is 297. The van der Waals surface area contributed by atoms with Gasteiger partial charge in [-0.2, -0.15) is 0 Å². The van der Waals surface area contributed by atoms with E-state index in [0.717, 1.165) is 5.11 Å². The summed E-state index contributed by atoms with van der Waals surface area (Å²) in [5.41, 5.74) is 3.68. The number of nitrogens with zero attached hydrogens (tertiary/aromatic N) is 1. The van der Waals surface area contributed by atoms with Crippen LogP contribution in [0.4, 0.5) is 0 Å². The summed E-state index contributed by atoms with van der Waals surface area (Å²) in [6.07, 6.45) is 5.07. The quantitative estimate of drug-likeness (QED) is 0.637. The van der Waals surface area contributed by atoms with Crippen LogP contribution in [-0.4, -0.2) is 21.3 Å². The average molecular weight is 241 g/mol. The highest BCUT2D eigenvalue weighted by atomic mass is 32.1. The monoisotopic (exact) mass is 241 g/mol. The van der Waals surface area contributed by atoms with E-state index in [4.69, 9.17) is 12.2 Å². The first-order valence-corrected chi connectivity index (χ1v) is 6.66. The van der Waals surface area contributed by atoms with Gasteiger partial charge in [0.05, 0.1) is 5.54 Å². The van der Waals surface area contributed by atoms with E-state index in [9.17, 15) is 0 Å². The van der Waals surface area contributed by atoms with E-state index in [1.165, 1.54) is 25.7 Å². The predicted molar refractivity (Wildman–Crippen MR) is 70.8 cm³/mol. The van der Waals surface area contributed by atoms with Gasteiger partial charge in [-0.05, 0) is 58.2 Å². The van der Waals surface area contributed by atoms with Crippen molar-refractivity contribution < 1.29 is 0 Å². The Labute approximate surface area is 104 Å². The van der Waals surface area contributed by atoms with Gasteiger partial charge in [-0.15, -0.1) is 0 Å². The third-order valence-electron chi connectivity index (χ3n) is 3.81. The molecule has 1 saturated heterocycles. The largest absolute Gasteiger partial charge is 0.342 e. The van der Waals surface area contributed by atoms with Crippen molar-refractivity contribution in [2.24, 2.45) is 5.92 Å². The Morgan fingerprint density at radius 2 is 2.06 bits per heavy atom. The summed E-state index contributed by atoms with van der Waals surface area (Å²) in [6.45, 7) is 8.86. The van der Waals surface area contributed by atoms with Crippen LogP contribution >= 0.6 is 12.2 Å². The highest BCUT2D eigenvalue weighted by Crippen LogP contribution is 2.35. The lowest BCUT2D eigenvalue weighted by molar-refractivity contribution is 0.0694. The van der Waals surface area contributed by atoms with Crippen molar-refractivity contribution in [2.75, 3.05) is 0 Å². The molecule has 4 heteroatoms. The third kappa shape index (κ3) is 1.93. The Balaban J connectivity index is 2.19. The van der Waals surface area contributed by atoms with Crippen molar-refractivity contribution in [2.45, 2.75) is 64.6 Å². The highest BCUT2D eigenvalue weighted by Gasteiger charge is 2.47. The van der Waals surface area contributed by atoms with Crippen molar-refractivity contribution in [3.8, 4) is 0 Å². The number of hydrogen-bond acceptors (Lipinski definition) is 2. The van der Waals surface area contributed by atoms with Crippen LogP contribution < -0.4 is 10.7 Å². The van der Waals surface area contributed by atoms with E-state index < -0.39 is 0 Å². The third-order valence-corrected chi connectivity index (χ3v) is 4.10. The summed E-state index contributed by atoms with van der Waals surface area (Å²) < 4.78 is 0. The fourth-order valence-electron chi connectivity index (χ4n) is 2.70. The van der Waals surface area contributed by atoms with Crippen molar-refractivity contribution >= 4 is 17.3 Å². The van der Waals surface area contributed by atoms with E-state index in [1.54, 1.807) is 0 Å². The molecule has 1 aliphatic heterocycles. The topological polar surface area (TPSA) is 27.3 Å². The summed E-state index contributed by atoms with van der Waals surface area (Å²) in [7, 11) is 0. The molecular formula is C12H23N3S. The molecule has 16 heavy (non-hydrogen) atoms. The van der Waals surface area contributed by atoms with Crippen LogP contribution in [0.15, 0.2) is 0 Å². The van der Waals surface area contributed by atoms with Crippen molar-refractivity contribution in [3.63, 3.8) is 0 Å². The molecule has 3 nitrogen and oxygen atoms in total. The van der Waals surface area contributed by atoms with Gasteiger partial charge >= 0.3 is 0 Å². The number of nitrogens with one attached hydrogen (secondary N) is 2. The number of thiocarbonyl (C=S) groups is 1. The van der Waals surface area contributed by atoms with Crippen LogP contribution in [0.1, 0.15) is 53.4 Å². The maximum Gasteiger partial charge on any atom is 0.185 e. The number of rotatable bonds is 0. The average Bonchev–Trinajstić information content (AvgIpc) is 2.49. The molecule has 2 N–H and O–H groups in total. The second-order valence-electron chi connectivity index (χ2n) is 6.17. The van der Waals surface area contributed by atoms with E-state index in [-0.39, 0.29) is 11.2 Å². The number of hydrogen-bond donors (Lipinski definition) is 2. The molecule has 1 aliphatic carbocycles. The van der Waals surface area contributed by atoms with Crippen LogP contribution in [0.5, 0.6) is 0 Å². The summed E-state index contributed by atoms with van der Waals surface area (Å²) in [5.74, 6) is 0.631. The molecule has 0 aromatic rings. The smallest absolute Gasteiger partial charge is 0.185 e. The molecule has 1 heterocycles. The van der Waals surface area contributed by atoms with E-state index in [0.29, 0.717) is 5.92 Å². The van der Waals surface area contributed by atoms with Crippen LogP contribution in [-0.2, 0) is 0 Å². The van der Waals surface area contributed by atoms with E-state index in [2.05, 4.69) is 43.4 Å². The molecule has 1 saturated carbocycles. The molecular weight excluding hydrogens is 218 g/mol. The molecule has 0 unspecified atom stereocenters. The molecule has 0 bridgehead atoms. The highest BCUT2D eigenvalue weighted by molar-refractivity contribution is 7.80. The summed E-state index contributed by atoms with van der Waals surface area (Å²) in [5, 5.41) is 6.49. The molecule has 92 valence electrons. The second kappa shape index (κ2) is 3.84. The molecule has 2 fully saturated rings. The minimum atomic E-state index is 0.0165. The first-order valence-electron chi connectivity index (χ1n) is 6.25. The van der Waals surface area contributed by atoms with Crippen molar-refractivity contribution in [1.29, 1.82) is 0 Å². The second-order valence-corrected chi connectivity index (χ2v) is 6.55. The van der Waals surface area contributed by atoms with Crippen LogP contribution in [0.25, 0.3) is 0 Å². The maximum atomic E-state index is 5.45. The van der Waals surface area contributed by atoms with Crippen molar-refractivity contribution in [3.05, 3.63) is 0 Å². The molecule has 2 atom stereocenters. The van der Waals surface area contributed by atoms with Gasteiger partial charge in [-0.1, -0.05) is 13.3 Å². The summed E-state index contributed by atoms with van der Waals surface area (Å²) >= 11 is 5.45. The molecule has 0 aromatic carbocycles. The zero-order valence-corrected chi connectivity index (χ0v) is 11.6. The minimum absolute atomic E-state index is 0.0165. The Kier molecular flexibility index (Phi) is 2.91. The van der Waals surface area contributed by atoms with Gasteiger partial charge in [-0.3, -0.25) is 5.01 Å². The number of hydrazine groups is 1. The fourth-order valence-corrected chi connectivity index (χ4v) is 3.20. The molecule has 1 spiro atoms. The molecule has 2 rings (SSSR count). The van der Waals surface area contributed by atoms with Gasteiger partial charge < -0.3 is 5.32 Å². The maximum absolute atomic E-state index is 5.45.